The normalized spacial score (nSPS) is 15.6. The molecular formula is C23H20F3N5O4. The van der Waals surface area contributed by atoms with Crippen LogP contribution in [-0.4, -0.2) is 32.2 Å². The van der Waals surface area contributed by atoms with Crippen LogP contribution in [-0.2, 0) is 20.4 Å². The van der Waals surface area contributed by atoms with E-state index in [1.165, 1.54) is 43.2 Å². The molecule has 182 valence electrons. The molecule has 2 N–H and O–H groups in total. The van der Waals surface area contributed by atoms with E-state index in [1.807, 2.05) is 6.07 Å². The van der Waals surface area contributed by atoms with E-state index in [4.69, 9.17) is 10.00 Å². The molecule has 9 nitrogen and oxygen atoms in total. The Hall–Kier alpha value is -4.53. The van der Waals surface area contributed by atoms with Crippen molar-refractivity contribution in [1.82, 2.24) is 10.9 Å². The summed E-state index contributed by atoms with van der Waals surface area (Å²) >= 11 is 0. The van der Waals surface area contributed by atoms with E-state index in [2.05, 4.69) is 20.6 Å². The molecule has 1 heterocycles. The van der Waals surface area contributed by atoms with E-state index >= 15 is 0 Å². The summed E-state index contributed by atoms with van der Waals surface area (Å²) in [6.45, 7) is 1.51. The third-order valence-electron chi connectivity index (χ3n) is 5.12. The van der Waals surface area contributed by atoms with Crippen LogP contribution in [0.25, 0.3) is 0 Å². The molecule has 2 aromatic carbocycles. The topological polar surface area (TPSA) is 116 Å². The number of guanidine groups is 1. The molecule has 1 aliphatic heterocycles. The molecule has 3 rings (SSSR count). The van der Waals surface area contributed by atoms with Gasteiger partial charge < -0.3 is 9.47 Å². The number of rotatable bonds is 3. The number of carbonyl (C=O) groups is 2. The van der Waals surface area contributed by atoms with Gasteiger partial charge in [-0.05, 0) is 42.8 Å². The van der Waals surface area contributed by atoms with Gasteiger partial charge in [-0.15, -0.1) is 0 Å². The number of methoxy groups -OCH3 is 2. The highest BCUT2D eigenvalue weighted by Gasteiger charge is 2.36. The molecular weight excluding hydrogens is 467 g/mol. The van der Waals surface area contributed by atoms with E-state index in [-0.39, 0.29) is 22.9 Å². The van der Waals surface area contributed by atoms with Crippen LogP contribution in [0, 0.1) is 11.3 Å². The summed E-state index contributed by atoms with van der Waals surface area (Å²) in [4.78, 5) is 30.2. The highest BCUT2D eigenvalue weighted by Crippen LogP contribution is 2.38. The van der Waals surface area contributed by atoms with Gasteiger partial charge in [-0.1, -0.05) is 18.2 Å². The zero-order valence-corrected chi connectivity index (χ0v) is 18.8. The quantitative estimate of drug-likeness (QED) is 0.500. The number of anilines is 1. The van der Waals surface area contributed by atoms with Gasteiger partial charge in [-0.25, -0.2) is 20.0 Å². The van der Waals surface area contributed by atoms with Crippen LogP contribution in [0.3, 0.4) is 0 Å². The summed E-state index contributed by atoms with van der Waals surface area (Å²) in [5.74, 6) is -0.841. The van der Waals surface area contributed by atoms with Crippen molar-refractivity contribution in [3.05, 3.63) is 76.5 Å². The number of carbonyl (C=O) groups excluding carboxylic acids is 2. The molecule has 0 saturated carbocycles. The van der Waals surface area contributed by atoms with Crippen LogP contribution in [0.1, 0.15) is 29.7 Å². The Morgan fingerprint density at radius 1 is 1.11 bits per heavy atom. The van der Waals surface area contributed by atoms with Gasteiger partial charge >= 0.3 is 18.2 Å². The number of hydrogen-bond donors (Lipinski definition) is 2. The lowest BCUT2D eigenvalue weighted by Gasteiger charge is -2.35. The largest absolute Gasteiger partial charge is 0.466 e. The number of allylic oxidation sites excluding steroid dienone is 1. The minimum Gasteiger partial charge on any atom is -0.466 e. The average Bonchev–Trinajstić information content (AvgIpc) is 2.86. The summed E-state index contributed by atoms with van der Waals surface area (Å²) in [6.07, 6.45) is -5.50. The molecule has 35 heavy (non-hydrogen) atoms. The number of nitrogens with one attached hydrogen (secondary N) is 2. The minimum atomic E-state index is -4.62. The molecule has 1 unspecified atom stereocenters. The summed E-state index contributed by atoms with van der Waals surface area (Å²) < 4.78 is 49.6. The number of benzene rings is 2. The molecule has 0 bridgehead atoms. The van der Waals surface area contributed by atoms with E-state index in [9.17, 15) is 22.8 Å². The number of hydrazine groups is 1. The van der Waals surface area contributed by atoms with E-state index in [1.54, 1.807) is 12.1 Å². The van der Waals surface area contributed by atoms with Crippen LogP contribution in [0.15, 0.2) is 64.8 Å². The van der Waals surface area contributed by atoms with Crippen molar-refractivity contribution in [3.63, 3.8) is 0 Å². The second-order valence-corrected chi connectivity index (χ2v) is 7.20. The Kier molecular flexibility index (Phi) is 7.29. The molecule has 2 aromatic rings. The number of amides is 1. The van der Waals surface area contributed by atoms with E-state index in [0.29, 0.717) is 11.1 Å². The zero-order chi connectivity index (χ0) is 25.8. The maximum atomic E-state index is 13.4. The molecule has 1 atom stereocenters. The van der Waals surface area contributed by atoms with Crippen molar-refractivity contribution < 1.29 is 32.2 Å². The molecule has 0 fully saturated rings. The first kappa shape index (κ1) is 25.1. The molecule has 0 spiro atoms. The number of alkyl halides is 3. The van der Waals surface area contributed by atoms with Gasteiger partial charge in [0.2, 0.25) is 5.96 Å². The van der Waals surface area contributed by atoms with Crippen LogP contribution < -0.4 is 15.8 Å². The minimum absolute atomic E-state index is 0.0231. The molecule has 12 heteroatoms. The van der Waals surface area contributed by atoms with Crippen molar-refractivity contribution in [2.24, 2.45) is 4.99 Å². The molecule has 1 aliphatic rings. The second-order valence-electron chi connectivity index (χ2n) is 7.20. The summed E-state index contributed by atoms with van der Waals surface area (Å²) in [5.41, 5.74) is 5.01. The molecule has 1 amide bonds. The number of hydrogen-bond acceptors (Lipinski definition) is 8. The molecule has 0 radical (unpaired) electrons. The van der Waals surface area contributed by atoms with Gasteiger partial charge in [0.15, 0.2) is 0 Å². The zero-order valence-electron chi connectivity index (χ0n) is 18.8. The van der Waals surface area contributed by atoms with Gasteiger partial charge in [0.25, 0.3) is 0 Å². The van der Waals surface area contributed by atoms with Crippen molar-refractivity contribution >= 4 is 23.7 Å². The van der Waals surface area contributed by atoms with Crippen LogP contribution in [0.5, 0.6) is 0 Å². The number of esters is 1. The number of aliphatic imine (C=N–C) groups is 1. The Morgan fingerprint density at radius 3 is 2.37 bits per heavy atom. The monoisotopic (exact) mass is 487 g/mol. The van der Waals surface area contributed by atoms with Crippen molar-refractivity contribution in [2.45, 2.75) is 19.1 Å². The standard InChI is InChI=1S/C23H20F3N5O4/c1-13-18(20(32)34-2)19(15-9-7-14(12-27)8-10-15)28-21(29-30-22(33)35-3)31(13)17-6-4-5-16(11-17)23(24,25)26/h4-11,19H,1-3H3,(H,28,29)(H,30,33). The second kappa shape index (κ2) is 10.2. The summed E-state index contributed by atoms with van der Waals surface area (Å²) in [6, 6.07) is 11.7. The van der Waals surface area contributed by atoms with Gasteiger partial charge in [-0.3, -0.25) is 10.3 Å². The first-order valence-electron chi connectivity index (χ1n) is 10.0. The first-order valence-corrected chi connectivity index (χ1v) is 10.0. The van der Waals surface area contributed by atoms with Crippen LogP contribution in [0.2, 0.25) is 0 Å². The van der Waals surface area contributed by atoms with Gasteiger partial charge in [0.05, 0.1) is 37.0 Å². The number of ether oxygens (including phenoxy) is 2. The Morgan fingerprint density at radius 2 is 1.80 bits per heavy atom. The average molecular weight is 487 g/mol. The van der Waals surface area contributed by atoms with Crippen LogP contribution >= 0.6 is 0 Å². The highest BCUT2D eigenvalue weighted by atomic mass is 19.4. The Bertz CT molecular complexity index is 1230. The fourth-order valence-corrected chi connectivity index (χ4v) is 3.46. The van der Waals surface area contributed by atoms with Gasteiger partial charge in [-0.2, -0.15) is 18.4 Å². The lowest BCUT2D eigenvalue weighted by Crippen LogP contribution is -2.51. The first-order chi connectivity index (χ1) is 16.6. The third kappa shape index (κ3) is 5.35. The van der Waals surface area contributed by atoms with Crippen molar-refractivity contribution in [3.8, 4) is 6.07 Å². The number of nitriles is 1. The van der Waals surface area contributed by atoms with Gasteiger partial charge in [0, 0.05) is 11.4 Å². The molecule has 0 aromatic heterocycles. The predicted molar refractivity (Wildman–Crippen MR) is 119 cm³/mol. The summed E-state index contributed by atoms with van der Waals surface area (Å²) in [7, 11) is 2.30. The predicted octanol–water partition coefficient (Wildman–Crippen LogP) is 3.80. The lowest BCUT2D eigenvalue weighted by atomic mass is 9.95. The van der Waals surface area contributed by atoms with Crippen molar-refractivity contribution in [2.75, 3.05) is 19.1 Å². The smallest absolute Gasteiger partial charge is 0.425 e. The molecule has 0 aliphatic carbocycles. The van der Waals surface area contributed by atoms with E-state index in [0.717, 1.165) is 19.2 Å². The Balaban J connectivity index is 2.20. The lowest BCUT2D eigenvalue weighted by molar-refractivity contribution is -0.138. The van der Waals surface area contributed by atoms with Crippen LogP contribution in [0.4, 0.5) is 23.7 Å². The Labute approximate surface area is 198 Å². The van der Waals surface area contributed by atoms with E-state index < -0.39 is 29.8 Å². The van der Waals surface area contributed by atoms with Gasteiger partial charge in [0.1, 0.15) is 6.04 Å². The molecule has 0 saturated heterocycles. The maximum absolute atomic E-state index is 13.4. The number of halogens is 3. The number of nitrogens with zero attached hydrogens (tertiary/aromatic N) is 3. The third-order valence-corrected chi connectivity index (χ3v) is 5.12. The SMILES string of the molecule is COC(=O)NNC1=NC(c2ccc(C#N)cc2)C(C(=O)OC)=C(C)N1c1cccc(C(F)(F)F)c1. The fourth-order valence-electron chi connectivity index (χ4n) is 3.46. The maximum Gasteiger partial charge on any atom is 0.425 e. The fraction of sp³-hybridized carbons (Fsp3) is 0.217. The highest BCUT2D eigenvalue weighted by molar-refractivity contribution is 6.05. The van der Waals surface area contributed by atoms with Crippen molar-refractivity contribution in [1.29, 1.82) is 5.26 Å². The summed E-state index contributed by atoms with van der Waals surface area (Å²) in [5, 5.41) is 9.08.